The van der Waals surface area contributed by atoms with Crippen molar-refractivity contribution in [3.8, 4) is 0 Å². The molecule has 1 N–H and O–H groups in total. The topological polar surface area (TPSA) is 64.0 Å². The fraction of sp³-hybridized carbons (Fsp3) is 0.118. The summed E-state index contributed by atoms with van der Waals surface area (Å²) < 4.78 is 1.79. The Bertz CT molecular complexity index is 837. The van der Waals surface area contributed by atoms with E-state index >= 15 is 0 Å². The van der Waals surface area contributed by atoms with Gasteiger partial charge in [0.1, 0.15) is 6.54 Å². The van der Waals surface area contributed by atoms with Gasteiger partial charge in [-0.1, -0.05) is 18.2 Å². The molecule has 22 heavy (non-hydrogen) atoms. The van der Waals surface area contributed by atoms with Crippen LogP contribution < -0.4 is 5.32 Å². The third-order valence-electron chi connectivity index (χ3n) is 3.45. The lowest BCUT2D eigenvalue weighted by Crippen LogP contribution is -2.18. The van der Waals surface area contributed by atoms with E-state index in [-0.39, 0.29) is 18.2 Å². The average molecular weight is 293 g/mol. The van der Waals surface area contributed by atoms with Crippen molar-refractivity contribution in [2.75, 3.05) is 5.32 Å². The van der Waals surface area contributed by atoms with Crippen molar-refractivity contribution < 1.29 is 9.59 Å². The van der Waals surface area contributed by atoms with E-state index in [0.29, 0.717) is 11.3 Å². The molecule has 0 saturated heterocycles. The Morgan fingerprint density at radius 3 is 2.59 bits per heavy atom. The minimum absolute atomic E-state index is 0.00973. The molecule has 2 heterocycles. The number of hydrogen-bond acceptors (Lipinski definition) is 3. The van der Waals surface area contributed by atoms with Crippen molar-refractivity contribution in [3.63, 3.8) is 0 Å². The van der Waals surface area contributed by atoms with Gasteiger partial charge in [0.05, 0.1) is 0 Å². The zero-order chi connectivity index (χ0) is 15.5. The lowest BCUT2D eigenvalue weighted by atomic mass is 10.1. The number of anilines is 1. The number of fused-ring (bicyclic) bond motifs is 1. The molecule has 0 fully saturated rings. The van der Waals surface area contributed by atoms with E-state index in [2.05, 4.69) is 10.3 Å². The van der Waals surface area contributed by atoms with Gasteiger partial charge in [-0.25, -0.2) is 0 Å². The van der Waals surface area contributed by atoms with Crippen LogP contribution in [0.5, 0.6) is 0 Å². The van der Waals surface area contributed by atoms with Crippen LogP contribution in [0.25, 0.3) is 10.9 Å². The number of hydrogen-bond donors (Lipinski definition) is 1. The van der Waals surface area contributed by atoms with Crippen molar-refractivity contribution in [2.45, 2.75) is 13.5 Å². The number of ketones is 1. The number of pyridine rings is 1. The number of nitrogens with one attached hydrogen (secondary N) is 1. The Kier molecular flexibility index (Phi) is 3.70. The molecular weight excluding hydrogens is 278 g/mol. The Morgan fingerprint density at radius 1 is 1.14 bits per heavy atom. The number of rotatable bonds is 4. The molecule has 5 nitrogen and oxygen atoms in total. The fourth-order valence-corrected chi connectivity index (χ4v) is 2.45. The second kappa shape index (κ2) is 5.81. The summed E-state index contributed by atoms with van der Waals surface area (Å²) in [6.07, 6.45) is 4.97. The van der Waals surface area contributed by atoms with E-state index in [1.165, 1.54) is 6.92 Å². The van der Waals surface area contributed by atoms with Crippen molar-refractivity contribution in [1.82, 2.24) is 9.55 Å². The molecule has 110 valence electrons. The highest BCUT2D eigenvalue weighted by Gasteiger charge is 2.13. The molecule has 5 heteroatoms. The van der Waals surface area contributed by atoms with Crippen LogP contribution in [0, 0.1) is 0 Å². The van der Waals surface area contributed by atoms with Gasteiger partial charge in [0, 0.05) is 40.7 Å². The standard InChI is InChI=1S/C17H15N3O2/c1-12(21)15-10-20(16-5-3-2-4-14(15)16)11-17(22)19-13-6-8-18-9-7-13/h2-10H,11H2,1H3,(H,18,19,22). The van der Waals surface area contributed by atoms with Crippen LogP contribution >= 0.6 is 0 Å². The molecule has 0 aliphatic carbocycles. The van der Waals surface area contributed by atoms with Crippen molar-refractivity contribution in [2.24, 2.45) is 0 Å². The number of Topliss-reactive ketones (excluding diaryl/α,β-unsaturated/α-hetero) is 1. The molecule has 0 aliphatic heterocycles. The van der Waals surface area contributed by atoms with Gasteiger partial charge in [0.25, 0.3) is 0 Å². The molecule has 0 unspecified atom stereocenters. The average Bonchev–Trinajstić information content (AvgIpc) is 2.87. The number of para-hydroxylation sites is 1. The summed E-state index contributed by atoms with van der Waals surface area (Å²) in [5.41, 5.74) is 2.20. The summed E-state index contributed by atoms with van der Waals surface area (Å²) in [4.78, 5) is 27.8. The first kappa shape index (κ1) is 14.0. The van der Waals surface area contributed by atoms with Crippen LogP contribution in [-0.4, -0.2) is 21.2 Å². The van der Waals surface area contributed by atoms with Crippen LogP contribution in [0.1, 0.15) is 17.3 Å². The molecule has 1 aromatic carbocycles. The normalized spacial score (nSPS) is 10.6. The molecule has 3 aromatic rings. The predicted octanol–water partition coefficient (Wildman–Crippen LogP) is 2.88. The van der Waals surface area contributed by atoms with Gasteiger partial charge in [0.15, 0.2) is 5.78 Å². The Balaban J connectivity index is 1.88. The second-order valence-electron chi connectivity index (χ2n) is 5.03. The summed E-state index contributed by atoms with van der Waals surface area (Å²) in [5, 5.41) is 3.68. The van der Waals surface area contributed by atoms with Crippen LogP contribution in [-0.2, 0) is 11.3 Å². The third kappa shape index (κ3) is 2.74. The Morgan fingerprint density at radius 2 is 1.86 bits per heavy atom. The number of amides is 1. The van der Waals surface area contributed by atoms with Crippen LogP contribution in [0.3, 0.4) is 0 Å². The van der Waals surface area contributed by atoms with Gasteiger partial charge in [-0.2, -0.15) is 0 Å². The van der Waals surface area contributed by atoms with Gasteiger partial charge < -0.3 is 9.88 Å². The number of carbonyl (C=O) groups excluding carboxylic acids is 2. The monoisotopic (exact) mass is 293 g/mol. The molecule has 2 aromatic heterocycles. The maximum atomic E-state index is 12.2. The minimum atomic E-state index is -0.151. The van der Waals surface area contributed by atoms with Crippen LogP contribution in [0.2, 0.25) is 0 Å². The van der Waals surface area contributed by atoms with E-state index in [1.807, 2.05) is 24.3 Å². The third-order valence-corrected chi connectivity index (χ3v) is 3.45. The SMILES string of the molecule is CC(=O)c1cn(CC(=O)Nc2ccncc2)c2ccccc12. The van der Waals surface area contributed by atoms with Crippen molar-refractivity contribution in [1.29, 1.82) is 0 Å². The van der Waals surface area contributed by atoms with Gasteiger partial charge >= 0.3 is 0 Å². The lowest BCUT2D eigenvalue weighted by Gasteiger charge is -2.07. The predicted molar refractivity (Wildman–Crippen MR) is 84.8 cm³/mol. The highest BCUT2D eigenvalue weighted by Crippen LogP contribution is 2.21. The lowest BCUT2D eigenvalue weighted by molar-refractivity contribution is -0.116. The van der Waals surface area contributed by atoms with E-state index < -0.39 is 0 Å². The highest BCUT2D eigenvalue weighted by molar-refractivity contribution is 6.07. The zero-order valence-corrected chi connectivity index (χ0v) is 12.1. The first-order valence-corrected chi connectivity index (χ1v) is 6.94. The van der Waals surface area contributed by atoms with E-state index in [0.717, 1.165) is 10.9 Å². The smallest absolute Gasteiger partial charge is 0.244 e. The first-order valence-electron chi connectivity index (χ1n) is 6.94. The van der Waals surface area contributed by atoms with Crippen molar-refractivity contribution in [3.05, 3.63) is 60.6 Å². The Labute approximate surface area is 127 Å². The maximum absolute atomic E-state index is 12.2. The summed E-state index contributed by atoms with van der Waals surface area (Å²) >= 11 is 0. The quantitative estimate of drug-likeness (QED) is 0.752. The van der Waals surface area contributed by atoms with E-state index in [4.69, 9.17) is 0 Å². The maximum Gasteiger partial charge on any atom is 0.244 e. The highest BCUT2D eigenvalue weighted by atomic mass is 16.2. The molecule has 0 spiro atoms. The molecule has 0 atom stereocenters. The molecule has 3 rings (SSSR count). The minimum Gasteiger partial charge on any atom is -0.337 e. The van der Waals surface area contributed by atoms with Gasteiger partial charge in [-0.15, -0.1) is 0 Å². The van der Waals surface area contributed by atoms with Crippen LogP contribution in [0.15, 0.2) is 55.0 Å². The van der Waals surface area contributed by atoms with Crippen LogP contribution in [0.4, 0.5) is 5.69 Å². The molecule has 0 bridgehead atoms. The summed E-state index contributed by atoms with van der Waals surface area (Å²) in [7, 11) is 0. The number of benzene rings is 1. The number of carbonyl (C=O) groups is 2. The molecular formula is C17H15N3O2. The molecule has 1 amide bonds. The summed E-state index contributed by atoms with van der Waals surface area (Å²) in [6, 6.07) is 11.0. The van der Waals surface area contributed by atoms with Gasteiger partial charge in [-0.3, -0.25) is 14.6 Å². The largest absolute Gasteiger partial charge is 0.337 e. The summed E-state index contributed by atoms with van der Waals surface area (Å²) in [5.74, 6) is -0.161. The number of nitrogens with zero attached hydrogens (tertiary/aromatic N) is 2. The van der Waals surface area contributed by atoms with E-state index in [9.17, 15) is 9.59 Å². The van der Waals surface area contributed by atoms with E-state index in [1.54, 1.807) is 35.3 Å². The van der Waals surface area contributed by atoms with Gasteiger partial charge in [0.2, 0.25) is 5.91 Å². The molecule has 0 radical (unpaired) electrons. The van der Waals surface area contributed by atoms with Gasteiger partial charge in [-0.05, 0) is 25.1 Å². The van der Waals surface area contributed by atoms with Crippen molar-refractivity contribution >= 4 is 28.3 Å². The molecule has 0 aliphatic rings. The zero-order valence-electron chi connectivity index (χ0n) is 12.1. The number of aromatic nitrogens is 2. The first-order chi connectivity index (χ1) is 10.6. The Hall–Kier alpha value is -2.95. The second-order valence-corrected chi connectivity index (χ2v) is 5.03. The molecule has 0 saturated carbocycles. The summed E-state index contributed by atoms with van der Waals surface area (Å²) in [6.45, 7) is 1.68. The fourth-order valence-electron chi connectivity index (χ4n) is 2.45.